The van der Waals surface area contributed by atoms with Gasteiger partial charge in [0.05, 0.1) is 95.5 Å². The molecule has 0 spiro atoms. The van der Waals surface area contributed by atoms with Crippen molar-refractivity contribution in [1.29, 1.82) is 0 Å². The lowest BCUT2D eigenvalue weighted by Crippen LogP contribution is -2.37. The molecule has 14 nitrogen and oxygen atoms in total. The summed E-state index contributed by atoms with van der Waals surface area (Å²) in [5.74, 6) is -0.935. The molecule has 0 aliphatic rings. The van der Waals surface area contributed by atoms with Crippen LogP contribution in [0.2, 0.25) is 0 Å². The second-order valence-electron chi connectivity index (χ2n) is 7.48. The van der Waals surface area contributed by atoms with Crippen LogP contribution in [0, 0.1) is 16.2 Å². The SMILES string of the molecule is C=C(C)C(=O)O.OCC(CO)(CO)CO.OCC(CO)(CO)CO.OCC(CO)(CO)CO. The molecule has 0 saturated heterocycles. The molecule has 0 aliphatic heterocycles. The van der Waals surface area contributed by atoms with E-state index in [1.807, 2.05) is 0 Å². The third-order valence-electron chi connectivity index (χ3n) is 4.39. The van der Waals surface area contributed by atoms with E-state index in [2.05, 4.69) is 6.58 Å². The average molecular weight is 495 g/mol. The normalized spacial score (nSPS) is 11.2. The van der Waals surface area contributed by atoms with E-state index in [0.717, 1.165) is 0 Å². The molecule has 14 heteroatoms. The number of hydrogen-bond acceptors (Lipinski definition) is 13. The minimum Gasteiger partial charge on any atom is -0.478 e. The van der Waals surface area contributed by atoms with E-state index in [4.69, 9.17) is 66.4 Å². The molecule has 0 aromatic carbocycles. The monoisotopic (exact) mass is 494 g/mol. The number of aliphatic hydroxyl groups excluding tert-OH is 12. The van der Waals surface area contributed by atoms with Crippen LogP contribution in [-0.4, -0.2) is 152 Å². The van der Waals surface area contributed by atoms with E-state index in [0.29, 0.717) is 0 Å². The van der Waals surface area contributed by atoms with Crippen molar-refractivity contribution in [2.24, 2.45) is 16.2 Å². The molecule has 0 aliphatic carbocycles. The molecule has 33 heavy (non-hydrogen) atoms. The molecule has 0 aromatic heterocycles. The number of aliphatic hydroxyl groups is 12. The Morgan fingerprint density at radius 1 is 0.485 bits per heavy atom. The number of hydrogen-bond donors (Lipinski definition) is 13. The van der Waals surface area contributed by atoms with Crippen LogP contribution in [0.4, 0.5) is 0 Å². The molecule has 0 unspecified atom stereocenters. The Morgan fingerprint density at radius 3 is 0.576 bits per heavy atom. The molecule has 0 saturated carbocycles. The van der Waals surface area contributed by atoms with Crippen molar-refractivity contribution in [3.8, 4) is 0 Å². The van der Waals surface area contributed by atoms with Crippen molar-refractivity contribution in [3.63, 3.8) is 0 Å². The van der Waals surface area contributed by atoms with Gasteiger partial charge in [-0.1, -0.05) is 6.58 Å². The van der Waals surface area contributed by atoms with Gasteiger partial charge in [-0.05, 0) is 6.92 Å². The Bertz CT molecular complexity index is 347. The lowest BCUT2D eigenvalue weighted by atomic mass is 9.93. The first-order valence-corrected chi connectivity index (χ1v) is 9.57. The number of rotatable bonds is 13. The zero-order valence-corrected chi connectivity index (χ0v) is 18.9. The Morgan fingerprint density at radius 2 is 0.576 bits per heavy atom. The van der Waals surface area contributed by atoms with Gasteiger partial charge in [0.1, 0.15) is 0 Å². The summed E-state index contributed by atoms with van der Waals surface area (Å²) in [7, 11) is 0. The topological polar surface area (TPSA) is 280 Å². The summed E-state index contributed by atoms with van der Waals surface area (Å²) in [6.07, 6.45) is 0. The predicted molar refractivity (Wildman–Crippen MR) is 115 cm³/mol. The number of carboxylic acids is 1. The van der Waals surface area contributed by atoms with Gasteiger partial charge in [-0.2, -0.15) is 0 Å². The highest BCUT2D eigenvalue weighted by Crippen LogP contribution is 2.13. The van der Waals surface area contributed by atoms with E-state index in [1.54, 1.807) is 0 Å². The van der Waals surface area contributed by atoms with Crippen LogP contribution in [0.25, 0.3) is 0 Å². The van der Waals surface area contributed by atoms with E-state index in [9.17, 15) is 4.79 Å². The van der Waals surface area contributed by atoms with Crippen molar-refractivity contribution >= 4 is 5.97 Å². The third kappa shape index (κ3) is 16.9. The molecule has 0 rings (SSSR count). The van der Waals surface area contributed by atoms with Crippen LogP contribution >= 0.6 is 0 Å². The zero-order valence-electron chi connectivity index (χ0n) is 18.9. The second-order valence-corrected chi connectivity index (χ2v) is 7.48. The quantitative estimate of drug-likeness (QED) is 0.106. The molecule has 0 aromatic rings. The summed E-state index contributed by atoms with van der Waals surface area (Å²) in [4.78, 5) is 9.60. The lowest BCUT2D eigenvalue weighted by Gasteiger charge is -2.23. The van der Waals surface area contributed by atoms with E-state index in [1.165, 1.54) is 6.92 Å². The van der Waals surface area contributed by atoms with Crippen molar-refractivity contribution in [2.45, 2.75) is 6.92 Å². The molecule has 0 atom stereocenters. The second kappa shape index (κ2) is 22.5. The third-order valence-corrected chi connectivity index (χ3v) is 4.39. The van der Waals surface area contributed by atoms with Gasteiger partial charge in [-0.25, -0.2) is 4.79 Å². The maximum atomic E-state index is 9.60. The summed E-state index contributed by atoms with van der Waals surface area (Å²) < 4.78 is 0. The maximum absolute atomic E-state index is 9.60. The Hall–Kier alpha value is -1.27. The van der Waals surface area contributed by atoms with Crippen molar-refractivity contribution < 1.29 is 71.2 Å². The smallest absolute Gasteiger partial charge is 0.330 e. The Balaban J connectivity index is -0.000000172. The summed E-state index contributed by atoms with van der Waals surface area (Å²) in [6.45, 7) is -0.273. The lowest BCUT2D eigenvalue weighted by molar-refractivity contribution is -0.132. The van der Waals surface area contributed by atoms with Crippen LogP contribution in [0.15, 0.2) is 12.2 Å². The van der Waals surface area contributed by atoms with Crippen LogP contribution < -0.4 is 0 Å². The summed E-state index contributed by atoms with van der Waals surface area (Å²) in [5.41, 5.74) is -3.16. The van der Waals surface area contributed by atoms with E-state index < -0.39 is 101 Å². The van der Waals surface area contributed by atoms with Crippen molar-refractivity contribution in [3.05, 3.63) is 12.2 Å². The molecule has 13 N–H and O–H groups in total. The number of aliphatic carboxylic acids is 1. The highest BCUT2D eigenvalue weighted by molar-refractivity contribution is 5.84. The van der Waals surface area contributed by atoms with Gasteiger partial charge < -0.3 is 66.4 Å². The molecular formula is C19H42O14. The van der Waals surface area contributed by atoms with Gasteiger partial charge in [0.15, 0.2) is 0 Å². The number of carboxylic acid groups (broad SMARTS) is 1. The van der Waals surface area contributed by atoms with Gasteiger partial charge in [-0.15, -0.1) is 0 Å². The first-order chi connectivity index (χ1) is 15.4. The van der Waals surface area contributed by atoms with Crippen LogP contribution in [-0.2, 0) is 4.79 Å². The summed E-state index contributed by atoms with van der Waals surface area (Å²) in [6, 6.07) is 0. The fraction of sp³-hybridized carbons (Fsp3) is 0.842. The van der Waals surface area contributed by atoms with Gasteiger partial charge in [0.25, 0.3) is 0 Å². The molecule has 0 bridgehead atoms. The van der Waals surface area contributed by atoms with Crippen LogP contribution in [0.5, 0.6) is 0 Å². The first kappa shape index (κ1) is 39.0. The average Bonchev–Trinajstić information content (AvgIpc) is 2.86. The highest BCUT2D eigenvalue weighted by atomic mass is 16.4. The highest BCUT2D eigenvalue weighted by Gasteiger charge is 2.27. The summed E-state index contributed by atoms with van der Waals surface area (Å²) >= 11 is 0. The Kier molecular flexibility index (Phi) is 26.6. The zero-order chi connectivity index (χ0) is 27.1. The van der Waals surface area contributed by atoms with Gasteiger partial charge in [0.2, 0.25) is 0 Å². The van der Waals surface area contributed by atoms with Crippen LogP contribution in [0.3, 0.4) is 0 Å². The Labute approximate surface area is 192 Å². The molecule has 0 fully saturated rings. The standard InChI is InChI=1S/3C5H12O4.C4H6O2/c3*6-1-5(2-7,3-8)4-9;1-3(2)4(5)6/h3*6-9H,1-4H2;1H2,2H3,(H,5,6). The molecule has 0 heterocycles. The molecule has 202 valence electrons. The van der Waals surface area contributed by atoms with Gasteiger partial charge in [0, 0.05) is 5.57 Å². The largest absolute Gasteiger partial charge is 0.478 e. The molecule has 0 radical (unpaired) electrons. The fourth-order valence-corrected chi connectivity index (χ4v) is 0.900. The minimum absolute atomic E-state index is 0.176. The van der Waals surface area contributed by atoms with Gasteiger partial charge >= 0.3 is 5.97 Å². The first-order valence-electron chi connectivity index (χ1n) is 9.57. The predicted octanol–water partition coefficient (Wildman–Crippen LogP) is -5.53. The van der Waals surface area contributed by atoms with Crippen molar-refractivity contribution in [2.75, 3.05) is 79.3 Å². The maximum Gasteiger partial charge on any atom is 0.330 e. The van der Waals surface area contributed by atoms with Crippen LogP contribution in [0.1, 0.15) is 6.92 Å². The van der Waals surface area contributed by atoms with E-state index >= 15 is 0 Å². The molecule has 0 amide bonds. The summed E-state index contributed by atoms with van der Waals surface area (Å²) in [5, 5.41) is 110. The molecular weight excluding hydrogens is 452 g/mol. The number of carbonyl (C=O) groups is 1. The van der Waals surface area contributed by atoms with Gasteiger partial charge in [-0.3, -0.25) is 0 Å². The van der Waals surface area contributed by atoms with E-state index in [-0.39, 0.29) is 5.57 Å². The fourth-order valence-electron chi connectivity index (χ4n) is 0.900. The van der Waals surface area contributed by atoms with Crippen molar-refractivity contribution in [1.82, 2.24) is 0 Å². The minimum atomic E-state index is -1.11.